The number of hydrogen-bond donors (Lipinski definition) is 0. The molecule has 4 rings (SSSR count). The van der Waals surface area contributed by atoms with Gasteiger partial charge in [-0.1, -0.05) is 19.2 Å². The largest absolute Gasteiger partial charge is 0.494 e. The van der Waals surface area contributed by atoms with E-state index >= 15 is 0 Å². The summed E-state index contributed by atoms with van der Waals surface area (Å²) in [5.41, 5.74) is 2.36. The lowest BCUT2D eigenvalue weighted by atomic mass is 9.88. The standard InChI is InChI=1S/C34H31FO9/c1-3-31(36)41-18-6-5-17-40-26-12-9-22(10-13-26)33(38)43-28-15-16-30(29(35)21-28)44-34(39)25-8-7-24-20-27(42-32(37)4-2)14-11-23(24)19-25/h3-4,7-10,12-13,15-16,19,21,27H,1-2,5-6,11,14,17-18,20H2. The second-order valence-electron chi connectivity index (χ2n) is 9.81. The van der Waals surface area contributed by atoms with Gasteiger partial charge in [0.25, 0.3) is 0 Å². The van der Waals surface area contributed by atoms with E-state index in [9.17, 15) is 23.6 Å². The second kappa shape index (κ2) is 15.3. The van der Waals surface area contributed by atoms with E-state index in [1.807, 2.05) is 0 Å². The molecule has 0 saturated heterocycles. The quantitative estimate of drug-likeness (QED) is 0.105. The molecule has 1 aliphatic carbocycles. The Labute approximate surface area is 253 Å². The van der Waals surface area contributed by atoms with E-state index < -0.39 is 29.7 Å². The molecule has 1 aliphatic rings. The maximum Gasteiger partial charge on any atom is 0.343 e. The number of hydrogen-bond acceptors (Lipinski definition) is 9. The summed E-state index contributed by atoms with van der Waals surface area (Å²) in [5, 5.41) is 0. The molecular weight excluding hydrogens is 571 g/mol. The van der Waals surface area contributed by atoms with E-state index in [1.165, 1.54) is 24.3 Å². The van der Waals surface area contributed by atoms with Gasteiger partial charge < -0.3 is 23.7 Å². The lowest BCUT2D eigenvalue weighted by Crippen LogP contribution is -2.25. The van der Waals surface area contributed by atoms with Crippen LogP contribution in [0.1, 0.15) is 51.1 Å². The molecule has 0 N–H and O–H groups in total. The van der Waals surface area contributed by atoms with Gasteiger partial charge in [0.05, 0.1) is 24.3 Å². The lowest BCUT2D eigenvalue weighted by molar-refractivity contribution is -0.143. The van der Waals surface area contributed by atoms with Gasteiger partial charge in [-0.15, -0.1) is 0 Å². The first-order valence-corrected chi connectivity index (χ1v) is 14.0. The Morgan fingerprint density at radius 1 is 0.773 bits per heavy atom. The Morgan fingerprint density at radius 2 is 1.45 bits per heavy atom. The van der Waals surface area contributed by atoms with Gasteiger partial charge in [0.15, 0.2) is 11.6 Å². The van der Waals surface area contributed by atoms with Crippen LogP contribution in [0.25, 0.3) is 0 Å². The molecule has 0 heterocycles. The summed E-state index contributed by atoms with van der Waals surface area (Å²) in [7, 11) is 0. The van der Waals surface area contributed by atoms with Gasteiger partial charge in [0, 0.05) is 24.6 Å². The number of rotatable bonds is 13. The van der Waals surface area contributed by atoms with E-state index in [4.69, 9.17) is 23.7 Å². The fraction of sp³-hybridized carbons (Fsp3) is 0.235. The minimum atomic E-state index is -0.878. The van der Waals surface area contributed by atoms with Gasteiger partial charge in [0.2, 0.25) is 0 Å². The van der Waals surface area contributed by atoms with Crippen molar-refractivity contribution in [2.45, 2.75) is 38.2 Å². The SMILES string of the molecule is C=CC(=O)OCCCCOc1ccc(C(=O)Oc2ccc(OC(=O)c3ccc4c(c3)CCC(OC(=O)C=C)C4)c(F)c2)cc1. The fourth-order valence-electron chi connectivity index (χ4n) is 4.43. The van der Waals surface area contributed by atoms with Crippen LogP contribution in [-0.2, 0) is 31.9 Å². The molecule has 3 aromatic carbocycles. The molecule has 0 bridgehead atoms. The smallest absolute Gasteiger partial charge is 0.343 e. The molecule has 10 heteroatoms. The first kappa shape index (κ1) is 31.7. The maximum absolute atomic E-state index is 14.8. The first-order chi connectivity index (χ1) is 21.2. The number of halogens is 1. The summed E-state index contributed by atoms with van der Waals surface area (Å²) in [6.45, 7) is 7.40. The van der Waals surface area contributed by atoms with Crippen molar-refractivity contribution >= 4 is 23.9 Å². The van der Waals surface area contributed by atoms with E-state index in [0.717, 1.165) is 29.3 Å². The zero-order valence-electron chi connectivity index (χ0n) is 23.9. The van der Waals surface area contributed by atoms with Gasteiger partial charge in [0.1, 0.15) is 17.6 Å². The highest BCUT2D eigenvalue weighted by molar-refractivity contribution is 5.92. The van der Waals surface area contributed by atoms with Crippen molar-refractivity contribution in [2.75, 3.05) is 13.2 Å². The van der Waals surface area contributed by atoms with E-state index in [2.05, 4.69) is 13.2 Å². The topological polar surface area (TPSA) is 114 Å². The Hall–Kier alpha value is -5.25. The molecule has 0 saturated carbocycles. The van der Waals surface area contributed by atoms with Crippen LogP contribution < -0.4 is 14.2 Å². The van der Waals surface area contributed by atoms with Crippen molar-refractivity contribution in [3.63, 3.8) is 0 Å². The number of carbonyl (C=O) groups is 4. The summed E-state index contributed by atoms with van der Waals surface area (Å²) >= 11 is 0. The molecule has 1 unspecified atom stereocenters. The maximum atomic E-state index is 14.8. The van der Waals surface area contributed by atoms with Crippen LogP contribution in [0, 0.1) is 5.82 Å². The average Bonchev–Trinajstić information content (AvgIpc) is 3.03. The normalized spacial score (nSPS) is 13.5. The lowest BCUT2D eigenvalue weighted by Gasteiger charge is -2.24. The van der Waals surface area contributed by atoms with Gasteiger partial charge in [-0.3, -0.25) is 0 Å². The van der Waals surface area contributed by atoms with Crippen LogP contribution in [0.2, 0.25) is 0 Å². The summed E-state index contributed by atoms with van der Waals surface area (Å²) < 4.78 is 41.1. The van der Waals surface area contributed by atoms with Crippen LogP contribution >= 0.6 is 0 Å². The minimum Gasteiger partial charge on any atom is -0.494 e. The van der Waals surface area contributed by atoms with Crippen molar-refractivity contribution in [1.82, 2.24) is 0 Å². The van der Waals surface area contributed by atoms with Gasteiger partial charge >= 0.3 is 23.9 Å². The Balaban J connectivity index is 1.26. The van der Waals surface area contributed by atoms with E-state index in [0.29, 0.717) is 44.5 Å². The molecule has 1 atom stereocenters. The molecule has 9 nitrogen and oxygen atoms in total. The third kappa shape index (κ3) is 8.87. The highest BCUT2D eigenvalue weighted by Gasteiger charge is 2.23. The number of fused-ring (bicyclic) bond motifs is 1. The summed E-state index contributed by atoms with van der Waals surface area (Å²) in [6, 6.07) is 14.8. The molecular formula is C34H31FO9. The van der Waals surface area contributed by atoms with Crippen molar-refractivity contribution in [3.8, 4) is 17.2 Å². The van der Waals surface area contributed by atoms with Crippen LogP contribution in [-0.4, -0.2) is 43.2 Å². The van der Waals surface area contributed by atoms with E-state index in [1.54, 1.807) is 30.3 Å². The third-order valence-electron chi connectivity index (χ3n) is 6.70. The molecule has 0 radical (unpaired) electrons. The third-order valence-corrected chi connectivity index (χ3v) is 6.70. The monoisotopic (exact) mass is 602 g/mol. The minimum absolute atomic E-state index is 0.0646. The zero-order chi connectivity index (χ0) is 31.5. The molecule has 0 amide bonds. The van der Waals surface area contributed by atoms with Crippen molar-refractivity contribution in [3.05, 3.63) is 114 Å². The molecule has 0 aromatic heterocycles. The summed E-state index contributed by atoms with van der Waals surface area (Å²) in [4.78, 5) is 47.8. The van der Waals surface area contributed by atoms with Gasteiger partial charge in [-0.25, -0.2) is 23.6 Å². The Bertz CT molecular complexity index is 1540. The highest BCUT2D eigenvalue weighted by atomic mass is 19.1. The number of carbonyl (C=O) groups excluding carboxylic acids is 4. The van der Waals surface area contributed by atoms with E-state index in [-0.39, 0.29) is 35.3 Å². The van der Waals surface area contributed by atoms with Crippen molar-refractivity contribution in [2.24, 2.45) is 0 Å². The van der Waals surface area contributed by atoms with Gasteiger partial charge in [-0.2, -0.15) is 0 Å². The second-order valence-corrected chi connectivity index (χ2v) is 9.81. The van der Waals surface area contributed by atoms with Crippen LogP contribution in [0.4, 0.5) is 4.39 Å². The van der Waals surface area contributed by atoms with Crippen LogP contribution in [0.3, 0.4) is 0 Å². The first-order valence-electron chi connectivity index (χ1n) is 14.0. The van der Waals surface area contributed by atoms with Crippen molar-refractivity contribution in [1.29, 1.82) is 0 Å². The van der Waals surface area contributed by atoms with Gasteiger partial charge in [-0.05, 0) is 85.3 Å². The molecule has 3 aromatic rings. The number of esters is 4. The Morgan fingerprint density at radius 3 is 2.18 bits per heavy atom. The summed E-state index contributed by atoms with van der Waals surface area (Å²) in [5.74, 6) is -3.11. The number of unbranched alkanes of at least 4 members (excludes halogenated alkanes) is 1. The average molecular weight is 603 g/mol. The molecule has 0 spiro atoms. The predicted octanol–water partition coefficient (Wildman–Crippen LogP) is 5.74. The van der Waals surface area contributed by atoms with Crippen LogP contribution in [0.15, 0.2) is 86.0 Å². The predicted molar refractivity (Wildman–Crippen MR) is 157 cm³/mol. The number of aryl methyl sites for hydroxylation is 1. The zero-order valence-corrected chi connectivity index (χ0v) is 23.9. The fourth-order valence-corrected chi connectivity index (χ4v) is 4.43. The van der Waals surface area contributed by atoms with Crippen molar-refractivity contribution < 1.29 is 47.3 Å². The molecule has 228 valence electrons. The van der Waals surface area contributed by atoms with Crippen LogP contribution in [0.5, 0.6) is 17.2 Å². The highest BCUT2D eigenvalue weighted by Crippen LogP contribution is 2.27. The molecule has 0 fully saturated rings. The summed E-state index contributed by atoms with van der Waals surface area (Å²) in [6.07, 6.45) is 5.00. The Kier molecular flexibility index (Phi) is 11.0. The number of benzene rings is 3. The molecule has 0 aliphatic heterocycles. The molecule has 44 heavy (non-hydrogen) atoms. The number of ether oxygens (including phenoxy) is 5.